The molecular weight excluding hydrogens is 374 g/mol. The largest absolute Gasteiger partial charge is 0.300 e. The van der Waals surface area contributed by atoms with Gasteiger partial charge >= 0.3 is 0 Å². The summed E-state index contributed by atoms with van der Waals surface area (Å²) in [5, 5.41) is 12.0. The molecule has 0 aliphatic heterocycles. The van der Waals surface area contributed by atoms with Crippen LogP contribution in [0.1, 0.15) is 36.8 Å². The van der Waals surface area contributed by atoms with Crippen molar-refractivity contribution >= 4 is 34.1 Å². The summed E-state index contributed by atoms with van der Waals surface area (Å²) >= 11 is 3.08. The number of benzene rings is 2. The molecule has 6 heteroatoms. The zero-order valence-electron chi connectivity index (χ0n) is 14.9. The molecule has 0 saturated heterocycles. The summed E-state index contributed by atoms with van der Waals surface area (Å²) in [6, 6.07) is 20.4. The molecule has 1 amide bonds. The summed E-state index contributed by atoms with van der Waals surface area (Å²) in [4.78, 5) is 13.1. The summed E-state index contributed by atoms with van der Waals surface area (Å²) in [5.74, 6) is 0.888. The van der Waals surface area contributed by atoms with Crippen LogP contribution in [0.5, 0.6) is 0 Å². The van der Waals surface area contributed by atoms with Gasteiger partial charge in [-0.3, -0.25) is 10.1 Å². The van der Waals surface area contributed by atoms with Crippen molar-refractivity contribution in [2.75, 3.05) is 5.32 Å². The second-order valence-corrected chi connectivity index (χ2v) is 8.96. The van der Waals surface area contributed by atoms with Crippen molar-refractivity contribution in [3.63, 3.8) is 0 Å². The summed E-state index contributed by atoms with van der Waals surface area (Å²) in [5.41, 5.74) is 1.91. The Bertz CT molecular complexity index is 890. The Kier molecular flexibility index (Phi) is 5.55. The molecule has 1 N–H and O–H groups in total. The predicted molar refractivity (Wildman–Crippen MR) is 111 cm³/mol. The van der Waals surface area contributed by atoms with Gasteiger partial charge in [-0.1, -0.05) is 96.6 Å². The minimum absolute atomic E-state index is 0.0435. The number of aromatic nitrogens is 2. The Balaban J connectivity index is 1.44. The van der Waals surface area contributed by atoms with Gasteiger partial charge in [0.1, 0.15) is 0 Å². The van der Waals surface area contributed by atoms with E-state index in [0.29, 0.717) is 5.13 Å². The van der Waals surface area contributed by atoms with E-state index in [1.54, 1.807) is 11.8 Å². The zero-order valence-corrected chi connectivity index (χ0v) is 16.6. The second kappa shape index (κ2) is 8.23. The molecular formula is C21H21N3OS2. The number of thioether (sulfide) groups is 1. The Labute approximate surface area is 167 Å². The van der Waals surface area contributed by atoms with Gasteiger partial charge in [-0.15, -0.1) is 10.2 Å². The molecule has 138 valence electrons. The number of anilines is 1. The van der Waals surface area contributed by atoms with Crippen LogP contribution in [-0.2, 0) is 16.0 Å². The third-order valence-corrected chi connectivity index (χ3v) is 7.09. The molecule has 0 atom stereocenters. The maximum absolute atomic E-state index is 13.1. The maximum atomic E-state index is 13.1. The lowest BCUT2D eigenvalue weighted by molar-refractivity contribution is -0.121. The van der Waals surface area contributed by atoms with E-state index in [0.717, 1.165) is 41.3 Å². The predicted octanol–water partition coefficient (Wildman–Crippen LogP) is 5.28. The monoisotopic (exact) mass is 395 g/mol. The number of amides is 1. The molecule has 1 aromatic heterocycles. The van der Waals surface area contributed by atoms with Gasteiger partial charge in [0.25, 0.3) is 0 Å². The van der Waals surface area contributed by atoms with Crippen molar-refractivity contribution in [2.45, 2.75) is 41.2 Å². The highest BCUT2D eigenvalue weighted by molar-refractivity contribution is 8.00. The first-order valence-electron chi connectivity index (χ1n) is 9.13. The molecule has 1 aliphatic carbocycles. The quantitative estimate of drug-likeness (QED) is 0.456. The number of nitrogens with zero attached hydrogens (tertiary/aromatic N) is 2. The number of nitrogens with one attached hydrogen (secondary N) is 1. The molecule has 0 unspecified atom stereocenters. The van der Waals surface area contributed by atoms with E-state index < -0.39 is 5.41 Å². The van der Waals surface area contributed by atoms with Crippen LogP contribution < -0.4 is 5.32 Å². The molecule has 1 fully saturated rings. The first-order chi connectivity index (χ1) is 13.3. The van der Waals surface area contributed by atoms with E-state index in [9.17, 15) is 4.79 Å². The fraction of sp³-hybridized carbons (Fsp3) is 0.286. The zero-order chi connectivity index (χ0) is 18.5. The van der Waals surface area contributed by atoms with E-state index in [2.05, 4.69) is 39.8 Å². The van der Waals surface area contributed by atoms with Crippen molar-refractivity contribution in [2.24, 2.45) is 0 Å². The molecule has 27 heavy (non-hydrogen) atoms. The Hall–Kier alpha value is -2.18. The molecule has 3 aromatic rings. The van der Waals surface area contributed by atoms with Crippen LogP contribution >= 0.6 is 23.1 Å². The van der Waals surface area contributed by atoms with E-state index >= 15 is 0 Å². The topological polar surface area (TPSA) is 54.9 Å². The lowest BCUT2D eigenvalue weighted by Crippen LogP contribution is -2.37. The average Bonchev–Trinajstić information content (AvgIpc) is 3.38. The van der Waals surface area contributed by atoms with Gasteiger partial charge in [0.15, 0.2) is 4.34 Å². The van der Waals surface area contributed by atoms with E-state index in [4.69, 9.17) is 0 Å². The molecule has 0 radical (unpaired) electrons. The minimum atomic E-state index is -0.440. The number of rotatable bonds is 6. The van der Waals surface area contributed by atoms with Crippen LogP contribution in [0, 0.1) is 0 Å². The van der Waals surface area contributed by atoms with Crippen LogP contribution in [0.3, 0.4) is 0 Å². The Morgan fingerprint density at radius 3 is 2.37 bits per heavy atom. The van der Waals surface area contributed by atoms with E-state index in [1.807, 2.05) is 36.4 Å². The highest BCUT2D eigenvalue weighted by Crippen LogP contribution is 2.42. The molecule has 4 nitrogen and oxygen atoms in total. The maximum Gasteiger partial charge on any atom is 0.236 e. The van der Waals surface area contributed by atoms with Crippen LogP contribution in [0.2, 0.25) is 0 Å². The molecule has 0 spiro atoms. The van der Waals surface area contributed by atoms with Gasteiger partial charge < -0.3 is 0 Å². The molecule has 2 aromatic carbocycles. The van der Waals surface area contributed by atoms with Gasteiger partial charge in [-0.05, 0) is 24.0 Å². The number of hydrogen-bond acceptors (Lipinski definition) is 5. The lowest BCUT2D eigenvalue weighted by Gasteiger charge is -2.27. The van der Waals surface area contributed by atoms with Crippen molar-refractivity contribution in [1.82, 2.24) is 10.2 Å². The molecule has 1 saturated carbocycles. The van der Waals surface area contributed by atoms with E-state index in [-0.39, 0.29) is 5.91 Å². The first kappa shape index (κ1) is 18.2. The lowest BCUT2D eigenvalue weighted by atomic mass is 9.78. The standard InChI is InChI=1S/C21H21N3OS2/c25-18(21(13-7-8-14-21)17-11-5-2-6-12-17)22-19-23-24-20(27-19)26-15-16-9-3-1-4-10-16/h1-6,9-12H,7-8,13-15H2,(H,22,23,25). The molecule has 4 rings (SSSR count). The second-order valence-electron chi connectivity index (χ2n) is 6.76. The van der Waals surface area contributed by atoms with Crippen LogP contribution in [-0.4, -0.2) is 16.1 Å². The van der Waals surface area contributed by atoms with E-state index in [1.165, 1.54) is 16.9 Å². The van der Waals surface area contributed by atoms with Gasteiger partial charge in [-0.25, -0.2) is 0 Å². The fourth-order valence-electron chi connectivity index (χ4n) is 3.64. The Morgan fingerprint density at radius 2 is 1.67 bits per heavy atom. The van der Waals surface area contributed by atoms with Gasteiger partial charge in [-0.2, -0.15) is 0 Å². The van der Waals surface area contributed by atoms with Crippen molar-refractivity contribution in [3.8, 4) is 0 Å². The van der Waals surface area contributed by atoms with Gasteiger partial charge in [0, 0.05) is 5.75 Å². The average molecular weight is 396 g/mol. The summed E-state index contributed by atoms with van der Waals surface area (Å²) in [6.07, 6.45) is 3.93. The van der Waals surface area contributed by atoms with Crippen molar-refractivity contribution in [1.29, 1.82) is 0 Å². The first-order valence-corrected chi connectivity index (χ1v) is 10.9. The Morgan fingerprint density at radius 1 is 1.00 bits per heavy atom. The van der Waals surface area contributed by atoms with Crippen LogP contribution in [0.25, 0.3) is 0 Å². The normalized spacial score (nSPS) is 15.6. The third-order valence-electron chi connectivity index (χ3n) is 5.05. The number of carbonyl (C=O) groups is 1. The van der Waals surface area contributed by atoms with Crippen LogP contribution in [0.15, 0.2) is 65.0 Å². The smallest absolute Gasteiger partial charge is 0.236 e. The highest BCUT2D eigenvalue weighted by atomic mass is 32.2. The van der Waals surface area contributed by atoms with Crippen molar-refractivity contribution in [3.05, 3.63) is 71.8 Å². The summed E-state index contributed by atoms with van der Waals surface area (Å²) in [6.45, 7) is 0. The van der Waals surface area contributed by atoms with Crippen molar-refractivity contribution < 1.29 is 4.79 Å². The SMILES string of the molecule is O=C(Nc1nnc(SCc2ccccc2)s1)C1(c2ccccc2)CCCC1. The molecule has 1 heterocycles. The van der Waals surface area contributed by atoms with Crippen LogP contribution in [0.4, 0.5) is 5.13 Å². The number of hydrogen-bond donors (Lipinski definition) is 1. The van der Waals surface area contributed by atoms with Gasteiger partial charge in [0.2, 0.25) is 11.0 Å². The minimum Gasteiger partial charge on any atom is -0.300 e. The summed E-state index contributed by atoms with van der Waals surface area (Å²) < 4.78 is 0.870. The summed E-state index contributed by atoms with van der Waals surface area (Å²) in [7, 11) is 0. The third kappa shape index (κ3) is 4.06. The molecule has 0 bridgehead atoms. The fourth-order valence-corrected chi connectivity index (χ4v) is 5.34. The molecule has 1 aliphatic rings. The number of carbonyl (C=O) groups excluding carboxylic acids is 1. The highest BCUT2D eigenvalue weighted by Gasteiger charge is 2.42. The van der Waals surface area contributed by atoms with Gasteiger partial charge in [0.05, 0.1) is 5.41 Å².